The fourth-order valence-electron chi connectivity index (χ4n) is 2.46. The van der Waals surface area contributed by atoms with Crippen molar-refractivity contribution in [3.05, 3.63) is 65.2 Å². The van der Waals surface area contributed by atoms with Gasteiger partial charge in [-0.25, -0.2) is 8.78 Å². The van der Waals surface area contributed by atoms with Crippen molar-refractivity contribution in [2.24, 2.45) is 11.7 Å². The van der Waals surface area contributed by atoms with E-state index in [0.717, 1.165) is 23.4 Å². The minimum absolute atomic E-state index is 0.247. The van der Waals surface area contributed by atoms with E-state index in [1.54, 1.807) is 0 Å². The zero-order valence-corrected chi connectivity index (χ0v) is 13.6. The molecule has 0 saturated heterocycles. The molecule has 0 aliphatic heterocycles. The van der Waals surface area contributed by atoms with Crippen LogP contribution in [0.25, 0.3) is 0 Å². The second kappa shape index (κ2) is 8.06. The van der Waals surface area contributed by atoms with Gasteiger partial charge in [0.2, 0.25) is 0 Å². The van der Waals surface area contributed by atoms with Crippen molar-refractivity contribution < 1.29 is 13.5 Å². The summed E-state index contributed by atoms with van der Waals surface area (Å²) < 4.78 is 33.1. The summed E-state index contributed by atoms with van der Waals surface area (Å²) in [6, 6.07) is 11.2. The number of ether oxygens (including phenoxy) is 1. The zero-order valence-electron chi connectivity index (χ0n) is 13.6. The molecule has 0 aliphatic carbocycles. The summed E-state index contributed by atoms with van der Waals surface area (Å²) in [5, 5.41) is 0. The predicted octanol–water partition coefficient (Wildman–Crippen LogP) is 4.28. The van der Waals surface area contributed by atoms with E-state index in [9.17, 15) is 8.78 Å². The number of benzene rings is 2. The van der Waals surface area contributed by atoms with Crippen LogP contribution in [0.1, 0.15) is 30.9 Å². The summed E-state index contributed by atoms with van der Waals surface area (Å²) in [6.45, 7) is 5.06. The second-order valence-corrected chi connectivity index (χ2v) is 6.15. The van der Waals surface area contributed by atoms with Gasteiger partial charge in [-0.05, 0) is 60.3 Å². The Bertz CT molecular complexity index is 643. The first-order chi connectivity index (χ1) is 11.0. The molecule has 2 nitrogen and oxygen atoms in total. The molecule has 0 aliphatic rings. The van der Waals surface area contributed by atoms with E-state index in [2.05, 4.69) is 13.8 Å². The van der Waals surface area contributed by atoms with Crippen molar-refractivity contribution in [3.8, 4) is 5.75 Å². The number of halogens is 2. The van der Waals surface area contributed by atoms with Crippen LogP contribution < -0.4 is 10.5 Å². The van der Waals surface area contributed by atoms with Gasteiger partial charge in [-0.3, -0.25) is 0 Å². The number of hydrogen-bond donors (Lipinski definition) is 1. The summed E-state index contributed by atoms with van der Waals surface area (Å²) in [5.41, 5.74) is 7.10. The Morgan fingerprint density at radius 2 is 1.87 bits per heavy atom. The highest BCUT2D eigenvalue weighted by Crippen LogP contribution is 2.25. The Kier molecular flexibility index (Phi) is 6.11. The molecule has 1 unspecified atom stereocenters. The highest BCUT2D eigenvalue weighted by atomic mass is 19.1. The third kappa shape index (κ3) is 5.03. The van der Waals surface area contributed by atoms with Gasteiger partial charge in [0.1, 0.15) is 17.4 Å². The molecule has 2 aromatic carbocycles. The van der Waals surface area contributed by atoms with Crippen LogP contribution in [-0.2, 0) is 6.42 Å². The van der Waals surface area contributed by atoms with Crippen LogP contribution in [0.3, 0.4) is 0 Å². The third-order valence-electron chi connectivity index (χ3n) is 3.65. The molecule has 23 heavy (non-hydrogen) atoms. The molecule has 2 N–H and O–H groups in total. The van der Waals surface area contributed by atoms with Gasteiger partial charge in [0.15, 0.2) is 0 Å². The van der Waals surface area contributed by atoms with Crippen LogP contribution in [0.4, 0.5) is 8.78 Å². The van der Waals surface area contributed by atoms with Crippen LogP contribution in [0.15, 0.2) is 42.5 Å². The molecule has 4 heteroatoms. The molecular weight excluding hydrogens is 296 g/mol. The van der Waals surface area contributed by atoms with Crippen LogP contribution in [0.2, 0.25) is 0 Å². The Labute approximate surface area is 136 Å². The van der Waals surface area contributed by atoms with E-state index in [-0.39, 0.29) is 12.5 Å². The fourth-order valence-corrected chi connectivity index (χ4v) is 2.46. The van der Waals surface area contributed by atoms with Gasteiger partial charge >= 0.3 is 0 Å². The van der Waals surface area contributed by atoms with Crippen molar-refractivity contribution in [2.75, 3.05) is 13.2 Å². The summed E-state index contributed by atoms with van der Waals surface area (Å²) in [6.07, 6.45) is 0.537. The molecule has 0 radical (unpaired) electrons. The molecule has 124 valence electrons. The first-order valence-electron chi connectivity index (χ1n) is 7.86. The molecule has 0 spiro atoms. The summed E-state index contributed by atoms with van der Waals surface area (Å²) in [5.74, 6) is 0.0810. The maximum Gasteiger partial charge on any atom is 0.126 e. The van der Waals surface area contributed by atoms with Crippen LogP contribution in [-0.4, -0.2) is 13.2 Å². The normalized spacial score (nSPS) is 12.4. The average Bonchev–Trinajstić information content (AvgIpc) is 2.53. The van der Waals surface area contributed by atoms with E-state index in [1.165, 1.54) is 6.07 Å². The van der Waals surface area contributed by atoms with E-state index >= 15 is 0 Å². The van der Waals surface area contributed by atoms with Gasteiger partial charge in [-0.2, -0.15) is 0 Å². The predicted molar refractivity (Wildman–Crippen MR) is 88.6 cm³/mol. The van der Waals surface area contributed by atoms with E-state index < -0.39 is 11.6 Å². The van der Waals surface area contributed by atoms with E-state index in [0.29, 0.717) is 24.5 Å². The minimum Gasteiger partial charge on any atom is -0.493 e. The Balaban J connectivity index is 2.15. The fraction of sp³-hybridized carbons (Fsp3) is 0.368. The average molecular weight is 319 g/mol. The molecule has 0 amide bonds. The highest BCUT2D eigenvalue weighted by molar-refractivity contribution is 5.31. The van der Waals surface area contributed by atoms with E-state index in [1.807, 2.05) is 24.3 Å². The van der Waals surface area contributed by atoms with Gasteiger partial charge < -0.3 is 10.5 Å². The van der Waals surface area contributed by atoms with Crippen LogP contribution >= 0.6 is 0 Å². The molecule has 1 atom stereocenters. The van der Waals surface area contributed by atoms with Crippen LogP contribution in [0.5, 0.6) is 5.75 Å². The SMILES string of the molecule is CC(C)COc1cccc(CC(CN)c2cc(F)ccc2F)c1. The van der Waals surface area contributed by atoms with Crippen molar-refractivity contribution in [3.63, 3.8) is 0 Å². The number of nitrogens with two attached hydrogens (primary N) is 1. The van der Waals surface area contributed by atoms with Gasteiger partial charge in [0.25, 0.3) is 0 Å². The molecule has 0 fully saturated rings. The van der Waals surface area contributed by atoms with Gasteiger partial charge in [0.05, 0.1) is 6.61 Å². The highest BCUT2D eigenvalue weighted by Gasteiger charge is 2.16. The van der Waals surface area contributed by atoms with Crippen molar-refractivity contribution >= 4 is 0 Å². The number of rotatable bonds is 7. The second-order valence-electron chi connectivity index (χ2n) is 6.15. The zero-order chi connectivity index (χ0) is 16.8. The van der Waals surface area contributed by atoms with Crippen molar-refractivity contribution in [1.82, 2.24) is 0 Å². The molecule has 0 saturated carbocycles. The molecule has 2 rings (SSSR count). The topological polar surface area (TPSA) is 35.2 Å². The largest absolute Gasteiger partial charge is 0.493 e. The Hall–Kier alpha value is -1.94. The third-order valence-corrected chi connectivity index (χ3v) is 3.65. The monoisotopic (exact) mass is 319 g/mol. The lowest BCUT2D eigenvalue weighted by Crippen LogP contribution is -2.16. The first-order valence-corrected chi connectivity index (χ1v) is 7.86. The van der Waals surface area contributed by atoms with Crippen molar-refractivity contribution in [2.45, 2.75) is 26.2 Å². The van der Waals surface area contributed by atoms with E-state index in [4.69, 9.17) is 10.5 Å². The smallest absolute Gasteiger partial charge is 0.126 e. The number of hydrogen-bond acceptors (Lipinski definition) is 2. The van der Waals surface area contributed by atoms with Crippen molar-refractivity contribution in [1.29, 1.82) is 0 Å². The van der Waals surface area contributed by atoms with Gasteiger partial charge in [-0.15, -0.1) is 0 Å². The standard InChI is InChI=1S/C19H23F2NO/c1-13(2)12-23-17-5-3-4-14(9-17)8-15(11-22)18-10-16(20)6-7-19(18)21/h3-7,9-10,13,15H,8,11-12,22H2,1-2H3. The molecular formula is C19H23F2NO. The van der Waals surface area contributed by atoms with Crippen LogP contribution in [0, 0.1) is 17.6 Å². The quantitative estimate of drug-likeness (QED) is 0.826. The maximum absolute atomic E-state index is 14.0. The first kappa shape index (κ1) is 17.4. The molecule has 0 aromatic heterocycles. The molecule has 0 heterocycles. The minimum atomic E-state index is -0.450. The maximum atomic E-state index is 14.0. The van der Waals surface area contributed by atoms with Gasteiger partial charge in [0, 0.05) is 5.92 Å². The summed E-state index contributed by atoms with van der Waals surface area (Å²) >= 11 is 0. The lowest BCUT2D eigenvalue weighted by molar-refractivity contribution is 0.271. The molecule has 2 aromatic rings. The lowest BCUT2D eigenvalue weighted by atomic mass is 9.91. The molecule has 0 bridgehead atoms. The lowest BCUT2D eigenvalue weighted by Gasteiger charge is -2.17. The summed E-state index contributed by atoms with van der Waals surface area (Å²) in [4.78, 5) is 0. The Morgan fingerprint density at radius 1 is 1.09 bits per heavy atom. The summed E-state index contributed by atoms with van der Waals surface area (Å²) in [7, 11) is 0. The Morgan fingerprint density at radius 3 is 2.57 bits per heavy atom. The van der Waals surface area contributed by atoms with Gasteiger partial charge in [-0.1, -0.05) is 26.0 Å².